The van der Waals surface area contributed by atoms with Gasteiger partial charge in [-0.05, 0) is 18.6 Å². The molecule has 0 aliphatic heterocycles. The van der Waals surface area contributed by atoms with Gasteiger partial charge in [-0.3, -0.25) is 9.78 Å². The van der Waals surface area contributed by atoms with Crippen molar-refractivity contribution in [3.63, 3.8) is 0 Å². The Kier molecular flexibility index (Phi) is 5.16. The molecular formula is C12H13N3OS2. The van der Waals surface area contributed by atoms with Gasteiger partial charge < -0.3 is 5.32 Å². The van der Waals surface area contributed by atoms with Crippen LogP contribution >= 0.6 is 23.1 Å². The average Bonchev–Trinajstić information content (AvgIpc) is 2.92. The average molecular weight is 279 g/mol. The van der Waals surface area contributed by atoms with E-state index in [0.717, 1.165) is 16.5 Å². The van der Waals surface area contributed by atoms with Crippen molar-refractivity contribution in [1.29, 1.82) is 0 Å². The van der Waals surface area contributed by atoms with E-state index < -0.39 is 0 Å². The third-order valence-electron chi connectivity index (χ3n) is 2.17. The lowest BCUT2D eigenvalue weighted by molar-refractivity contribution is 0.0953. The molecule has 0 atom stereocenters. The van der Waals surface area contributed by atoms with Crippen molar-refractivity contribution < 1.29 is 4.79 Å². The molecule has 4 nitrogen and oxygen atoms in total. The van der Waals surface area contributed by atoms with Gasteiger partial charge in [0.2, 0.25) is 0 Å². The zero-order valence-electron chi connectivity index (χ0n) is 9.70. The van der Waals surface area contributed by atoms with Crippen LogP contribution in [0.2, 0.25) is 0 Å². The van der Waals surface area contributed by atoms with Gasteiger partial charge in [0.1, 0.15) is 4.34 Å². The lowest BCUT2D eigenvalue weighted by Crippen LogP contribution is -2.24. The first-order valence-corrected chi connectivity index (χ1v) is 7.43. The van der Waals surface area contributed by atoms with Gasteiger partial charge in [-0.15, -0.1) is 11.3 Å². The zero-order valence-corrected chi connectivity index (χ0v) is 11.3. The molecule has 0 spiro atoms. The minimum atomic E-state index is -0.0673. The van der Waals surface area contributed by atoms with E-state index in [1.54, 1.807) is 53.8 Å². The molecule has 2 heterocycles. The summed E-state index contributed by atoms with van der Waals surface area (Å²) in [5, 5.41) is 4.83. The standard InChI is InChI=1S/C12H13N3OS2/c16-11(10-3-1-4-13-9-10)14-5-2-7-17-12-15-6-8-18-12/h1,3-4,6,8-9H,2,5,7H2,(H,14,16). The van der Waals surface area contributed by atoms with Crippen molar-refractivity contribution in [2.45, 2.75) is 10.8 Å². The van der Waals surface area contributed by atoms with Crippen LogP contribution in [0, 0.1) is 0 Å². The van der Waals surface area contributed by atoms with E-state index in [1.807, 2.05) is 5.38 Å². The molecular weight excluding hydrogens is 266 g/mol. The fraction of sp³-hybridized carbons (Fsp3) is 0.250. The SMILES string of the molecule is O=C(NCCCSc1nccs1)c1cccnc1. The van der Waals surface area contributed by atoms with E-state index in [1.165, 1.54) is 0 Å². The van der Waals surface area contributed by atoms with Crippen LogP contribution < -0.4 is 5.32 Å². The number of aromatic nitrogens is 2. The number of pyridine rings is 1. The molecule has 0 aliphatic rings. The second-order valence-corrected chi connectivity index (χ2v) is 5.73. The van der Waals surface area contributed by atoms with Crippen LogP contribution in [-0.4, -0.2) is 28.2 Å². The quantitative estimate of drug-likeness (QED) is 0.652. The van der Waals surface area contributed by atoms with Gasteiger partial charge in [-0.1, -0.05) is 11.8 Å². The molecule has 2 rings (SSSR count). The number of thiazole rings is 1. The highest BCUT2D eigenvalue weighted by molar-refractivity contribution is 8.00. The smallest absolute Gasteiger partial charge is 0.252 e. The number of hydrogen-bond donors (Lipinski definition) is 1. The number of rotatable bonds is 6. The van der Waals surface area contributed by atoms with E-state index in [-0.39, 0.29) is 5.91 Å². The molecule has 0 aromatic carbocycles. The van der Waals surface area contributed by atoms with Crippen molar-refractivity contribution in [2.24, 2.45) is 0 Å². The Bertz CT molecular complexity index is 473. The van der Waals surface area contributed by atoms with Crippen molar-refractivity contribution in [2.75, 3.05) is 12.3 Å². The Morgan fingerprint density at radius 3 is 3.11 bits per heavy atom. The normalized spacial score (nSPS) is 10.2. The Morgan fingerprint density at radius 1 is 1.44 bits per heavy atom. The predicted molar refractivity (Wildman–Crippen MR) is 74.0 cm³/mol. The first-order chi connectivity index (χ1) is 8.86. The highest BCUT2D eigenvalue weighted by atomic mass is 32.2. The zero-order chi connectivity index (χ0) is 12.6. The van der Waals surface area contributed by atoms with Crippen LogP contribution in [-0.2, 0) is 0 Å². The van der Waals surface area contributed by atoms with Gasteiger partial charge >= 0.3 is 0 Å². The first kappa shape index (κ1) is 13.0. The maximum atomic E-state index is 11.7. The van der Waals surface area contributed by atoms with Gasteiger partial charge in [0, 0.05) is 36.3 Å². The molecule has 0 unspecified atom stereocenters. The molecule has 0 radical (unpaired) electrons. The number of nitrogens with zero attached hydrogens (tertiary/aromatic N) is 2. The number of amides is 1. The monoisotopic (exact) mass is 279 g/mol. The number of hydrogen-bond acceptors (Lipinski definition) is 5. The molecule has 94 valence electrons. The molecule has 0 saturated heterocycles. The van der Waals surface area contributed by atoms with Crippen LogP contribution in [0.3, 0.4) is 0 Å². The molecule has 0 saturated carbocycles. The molecule has 6 heteroatoms. The summed E-state index contributed by atoms with van der Waals surface area (Å²) in [7, 11) is 0. The molecule has 18 heavy (non-hydrogen) atoms. The van der Waals surface area contributed by atoms with Gasteiger partial charge in [0.25, 0.3) is 5.91 Å². The van der Waals surface area contributed by atoms with Crippen LogP contribution in [0.1, 0.15) is 16.8 Å². The summed E-state index contributed by atoms with van der Waals surface area (Å²) in [6, 6.07) is 3.51. The maximum absolute atomic E-state index is 11.7. The number of carbonyl (C=O) groups excluding carboxylic acids is 1. The minimum absolute atomic E-state index is 0.0673. The van der Waals surface area contributed by atoms with Crippen LogP contribution in [0.15, 0.2) is 40.4 Å². The molecule has 0 aliphatic carbocycles. The number of carbonyl (C=O) groups is 1. The Balaban J connectivity index is 1.62. The third kappa shape index (κ3) is 4.12. The fourth-order valence-corrected chi connectivity index (χ4v) is 2.96. The highest BCUT2D eigenvalue weighted by Gasteiger charge is 2.03. The van der Waals surface area contributed by atoms with Gasteiger partial charge in [0.15, 0.2) is 0 Å². The van der Waals surface area contributed by atoms with Gasteiger partial charge in [-0.2, -0.15) is 0 Å². The van der Waals surface area contributed by atoms with Crippen molar-refractivity contribution in [3.05, 3.63) is 41.7 Å². The molecule has 2 aromatic heterocycles. The maximum Gasteiger partial charge on any atom is 0.252 e. The Morgan fingerprint density at radius 2 is 2.39 bits per heavy atom. The van der Waals surface area contributed by atoms with Crippen LogP contribution in [0.5, 0.6) is 0 Å². The number of nitrogens with one attached hydrogen (secondary N) is 1. The lowest BCUT2D eigenvalue weighted by atomic mass is 10.2. The summed E-state index contributed by atoms with van der Waals surface area (Å²) < 4.78 is 1.08. The lowest BCUT2D eigenvalue weighted by Gasteiger charge is -2.03. The molecule has 0 fully saturated rings. The topological polar surface area (TPSA) is 54.9 Å². The van der Waals surface area contributed by atoms with E-state index >= 15 is 0 Å². The summed E-state index contributed by atoms with van der Waals surface area (Å²) in [5.74, 6) is 0.892. The Labute approximate surface area is 114 Å². The highest BCUT2D eigenvalue weighted by Crippen LogP contribution is 2.20. The first-order valence-electron chi connectivity index (χ1n) is 5.57. The number of thioether (sulfide) groups is 1. The van der Waals surface area contributed by atoms with Crippen molar-refractivity contribution in [3.8, 4) is 0 Å². The minimum Gasteiger partial charge on any atom is -0.352 e. The second kappa shape index (κ2) is 7.13. The molecule has 2 aromatic rings. The van der Waals surface area contributed by atoms with E-state index in [0.29, 0.717) is 12.1 Å². The van der Waals surface area contributed by atoms with Crippen molar-refractivity contribution >= 4 is 29.0 Å². The van der Waals surface area contributed by atoms with E-state index in [9.17, 15) is 4.79 Å². The van der Waals surface area contributed by atoms with Crippen LogP contribution in [0.25, 0.3) is 0 Å². The van der Waals surface area contributed by atoms with Crippen molar-refractivity contribution in [1.82, 2.24) is 15.3 Å². The summed E-state index contributed by atoms with van der Waals surface area (Å²) in [5.41, 5.74) is 0.602. The molecule has 1 N–H and O–H groups in total. The largest absolute Gasteiger partial charge is 0.352 e. The fourth-order valence-electron chi connectivity index (χ4n) is 1.31. The predicted octanol–water partition coefficient (Wildman–Crippen LogP) is 2.45. The summed E-state index contributed by atoms with van der Waals surface area (Å²) >= 11 is 3.36. The molecule has 0 bridgehead atoms. The summed E-state index contributed by atoms with van der Waals surface area (Å²) in [6.45, 7) is 0.673. The third-order valence-corrected chi connectivity index (χ3v) is 4.22. The Hall–Kier alpha value is -1.40. The molecule has 1 amide bonds. The van der Waals surface area contributed by atoms with Gasteiger partial charge in [0.05, 0.1) is 5.56 Å². The van der Waals surface area contributed by atoms with E-state index in [4.69, 9.17) is 0 Å². The summed E-state index contributed by atoms with van der Waals surface area (Å²) in [6.07, 6.45) is 5.95. The summed E-state index contributed by atoms with van der Waals surface area (Å²) in [4.78, 5) is 19.8. The second-order valence-electron chi connectivity index (χ2n) is 3.50. The van der Waals surface area contributed by atoms with Gasteiger partial charge in [-0.25, -0.2) is 4.98 Å². The van der Waals surface area contributed by atoms with Crippen LogP contribution in [0.4, 0.5) is 0 Å². The van der Waals surface area contributed by atoms with E-state index in [2.05, 4.69) is 15.3 Å².